The second-order valence-corrected chi connectivity index (χ2v) is 32.8. The lowest BCUT2D eigenvalue weighted by molar-refractivity contribution is -0.0267. The first-order chi connectivity index (χ1) is 40.3. The Labute approximate surface area is 565 Å². The predicted octanol–water partition coefficient (Wildman–Crippen LogP) is 31.4. The first kappa shape index (κ1) is 105. The van der Waals surface area contributed by atoms with Crippen molar-refractivity contribution >= 4 is 0 Å². The minimum atomic E-state index is -1.05. The maximum Gasteiger partial charge on any atom is 0.115 e. The maximum absolute atomic E-state index is 14.4. The minimum Gasteiger partial charge on any atom is -0.244 e. The van der Waals surface area contributed by atoms with E-state index in [9.17, 15) is 35.1 Å². The van der Waals surface area contributed by atoms with Crippen LogP contribution in [0.4, 0.5) is 35.1 Å². The normalized spacial score (nSPS) is 16.5. The van der Waals surface area contributed by atoms with E-state index in [2.05, 4.69) is 125 Å². The quantitative estimate of drug-likeness (QED) is 0.0575. The van der Waals surface area contributed by atoms with Gasteiger partial charge in [-0.05, 0) is 190 Å². The van der Waals surface area contributed by atoms with E-state index in [1.807, 2.05) is 104 Å². The van der Waals surface area contributed by atoms with Crippen molar-refractivity contribution < 1.29 is 35.1 Å². The van der Waals surface area contributed by atoms with Gasteiger partial charge in [0, 0.05) is 10.8 Å². The summed E-state index contributed by atoms with van der Waals surface area (Å²) >= 11 is 0. The van der Waals surface area contributed by atoms with Gasteiger partial charge in [-0.3, -0.25) is 0 Å². The van der Waals surface area contributed by atoms with Crippen molar-refractivity contribution in [1.82, 2.24) is 0 Å². The fourth-order valence-corrected chi connectivity index (χ4v) is 13.9. The summed E-state index contributed by atoms with van der Waals surface area (Å²) in [6, 6.07) is 0. The van der Waals surface area contributed by atoms with Crippen LogP contribution in [-0.2, 0) is 0 Å². The zero-order chi connectivity index (χ0) is 74.2. The van der Waals surface area contributed by atoms with Gasteiger partial charge in [-0.2, -0.15) is 0 Å². The summed E-state index contributed by atoms with van der Waals surface area (Å²) in [7, 11) is 0. The molecule has 8 heteroatoms. The Balaban J connectivity index is -0.000000143. The molecule has 0 rings (SSSR count). The van der Waals surface area contributed by atoms with Crippen molar-refractivity contribution in [3.05, 3.63) is 0 Å². The van der Waals surface area contributed by atoms with Gasteiger partial charge in [0.2, 0.25) is 0 Å². The molecule has 0 unspecified atom stereocenters. The highest BCUT2D eigenvalue weighted by Gasteiger charge is 2.45. The highest BCUT2D eigenvalue weighted by atomic mass is 19.2. The number of halogens is 8. The number of alkyl halides is 8. The van der Waals surface area contributed by atoms with Gasteiger partial charge in [-0.15, -0.1) is 0 Å². The molecule has 0 aromatic heterocycles. The number of rotatable bonds is 33. The molecule has 0 amide bonds. The molecular weight excluding hydrogens is 1140 g/mol. The van der Waals surface area contributed by atoms with Gasteiger partial charge in [0.15, 0.2) is 0 Å². The zero-order valence-corrected chi connectivity index (χ0v) is 69.3. The second-order valence-electron chi connectivity index (χ2n) is 32.8. The molecule has 0 aliphatic carbocycles. The van der Waals surface area contributed by atoms with Crippen molar-refractivity contribution in [3.8, 4) is 0 Å². The van der Waals surface area contributed by atoms with Crippen LogP contribution in [0.2, 0.25) is 0 Å². The summed E-state index contributed by atoms with van der Waals surface area (Å²) in [4.78, 5) is 0. The second kappa shape index (κ2) is 49.9. The third-order valence-electron chi connectivity index (χ3n) is 22.7. The molecule has 0 aliphatic rings. The van der Waals surface area contributed by atoms with Gasteiger partial charge >= 0.3 is 0 Å². The van der Waals surface area contributed by atoms with Crippen molar-refractivity contribution in [1.29, 1.82) is 0 Å². The lowest BCUT2D eigenvalue weighted by Crippen LogP contribution is -2.43. The molecule has 6 atom stereocenters. The van der Waals surface area contributed by atoms with Crippen LogP contribution >= 0.6 is 0 Å². The summed E-state index contributed by atoms with van der Waals surface area (Å²) in [6.45, 7) is 81.1. The van der Waals surface area contributed by atoms with Gasteiger partial charge in [0.1, 0.15) is 45.4 Å². The molecule has 0 aromatic rings. The van der Waals surface area contributed by atoms with Crippen LogP contribution in [0.5, 0.6) is 0 Å². The van der Waals surface area contributed by atoms with Gasteiger partial charge < -0.3 is 0 Å². The summed E-state index contributed by atoms with van der Waals surface area (Å²) < 4.78 is 111. The van der Waals surface area contributed by atoms with Crippen LogP contribution in [0.3, 0.4) is 0 Å². The van der Waals surface area contributed by atoms with Crippen LogP contribution in [-0.4, -0.2) is 45.4 Å². The summed E-state index contributed by atoms with van der Waals surface area (Å²) in [6.07, 6.45) is 15.7. The summed E-state index contributed by atoms with van der Waals surface area (Å²) in [5, 5.41) is 0. The highest BCUT2D eigenvalue weighted by Crippen LogP contribution is 2.46. The molecule has 0 saturated carbocycles. The molecule has 90 heavy (non-hydrogen) atoms. The molecule has 0 nitrogen and oxygen atoms in total. The molecule has 0 heterocycles. The Morgan fingerprint density at radius 2 is 0.511 bits per heavy atom. The molecule has 0 N–H and O–H groups in total. The monoisotopic (exact) mass is 1310 g/mol. The smallest absolute Gasteiger partial charge is 0.115 e. The molecular formula is C82H172F8. The van der Waals surface area contributed by atoms with E-state index in [-0.39, 0.29) is 64.1 Å². The summed E-state index contributed by atoms with van der Waals surface area (Å²) in [5.74, 6) is 3.09. The third-order valence-corrected chi connectivity index (χ3v) is 22.7. The Hall–Kier alpha value is -0.560. The lowest BCUT2D eigenvalue weighted by atomic mass is 9.67. The number of hydrogen-bond donors (Lipinski definition) is 0. The fraction of sp³-hybridized carbons (Fsp3) is 1.00. The molecule has 0 bridgehead atoms. The van der Waals surface area contributed by atoms with Crippen molar-refractivity contribution in [2.24, 2.45) is 87.8 Å². The lowest BCUT2D eigenvalue weighted by Gasteiger charge is -2.42. The van der Waals surface area contributed by atoms with E-state index in [4.69, 9.17) is 0 Å². The first-order valence-corrected chi connectivity index (χ1v) is 37.8. The van der Waals surface area contributed by atoms with Gasteiger partial charge in [0.05, 0.1) is 0 Å². The van der Waals surface area contributed by atoms with E-state index < -0.39 is 45.4 Å². The molecule has 556 valence electrons. The minimum absolute atomic E-state index is 0.0994. The Bertz CT molecular complexity index is 1540. The Morgan fingerprint density at radius 1 is 0.256 bits per heavy atom. The van der Waals surface area contributed by atoms with Crippen LogP contribution in [0.1, 0.15) is 399 Å². The first-order valence-electron chi connectivity index (χ1n) is 37.8. The number of hydrogen-bond acceptors (Lipinski definition) is 0. The third kappa shape index (κ3) is 40.2. The molecule has 0 fully saturated rings. The van der Waals surface area contributed by atoms with Crippen LogP contribution < -0.4 is 0 Å². The molecule has 0 aliphatic heterocycles. The Kier molecular flexibility index (Phi) is 58.4. The molecule has 0 aromatic carbocycles. The van der Waals surface area contributed by atoms with E-state index in [0.717, 1.165) is 83.5 Å². The topological polar surface area (TPSA) is 0 Å². The van der Waals surface area contributed by atoms with E-state index in [0.29, 0.717) is 55.8 Å². The average Bonchev–Trinajstić information content (AvgIpc) is 1.03. The summed E-state index contributed by atoms with van der Waals surface area (Å²) in [5.41, 5.74) is -8.18. The zero-order valence-electron chi connectivity index (χ0n) is 69.3. The molecule has 0 radical (unpaired) electrons. The highest BCUT2D eigenvalue weighted by molar-refractivity contribution is 4.95. The molecule has 0 spiro atoms. The van der Waals surface area contributed by atoms with E-state index >= 15 is 0 Å². The SMILES string of the molecule is CC(C)C(C(C)C)[C@@](C)(F)C(C)C.CC(C)C(C)(F)C(C)C.CCC(C)(CC)[C@@](C)(F)C(C)C.CCC(CC)[C@@](C)(F)C(C)C.CCCC(C)(F)CCC.CCC[C@](C)(F)C(C(C)C)C(C)C.CCC[C@](C)(F)C(C)(CC)CC.CCC[C@](C)(F)C(CC)CC. The van der Waals surface area contributed by atoms with E-state index in [1.54, 1.807) is 55.4 Å². The van der Waals surface area contributed by atoms with Crippen molar-refractivity contribution in [2.75, 3.05) is 0 Å². The van der Waals surface area contributed by atoms with Gasteiger partial charge in [-0.25, -0.2) is 35.1 Å². The average molecular weight is 1310 g/mol. The van der Waals surface area contributed by atoms with E-state index in [1.165, 1.54) is 0 Å². The van der Waals surface area contributed by atoms with Gasteiger partial charge in [-0.1, -0.05) is 286 Å². The van der Waals surface area contributed by atoms with Crippen LogP contribution in [0, 0.1) is 87.8 Å². The van der Waals surface area contributed by atoms with Crippen molar-refractivity contribution in [2.45, 2.75) is 445 Å². The predicted molar refractivity (Wildman–Crippen MR) is 397 cm³/mol. The van der Waals surface area contributed by atoms with Crippen LogP contribution in [0.15, 0.2) is 0 Å². The standard InChI is InChI=1S/2C12H25F.2C11H23F.2C10H21F.2C8H17F/c1-8(2)11(9(3)4)12(7,13)10(5)6;1-7-8-12(6,13)11(9(2)3)10(4)5;1-7-10(5,8-2)11(6,12)9(3)4;1-6-9-11(5,12)10(4,7-2)8-3;1-6-9(7-2)10(5,11)8(3)4;1-5-8-10(4,11)9(6-2)7-3;1-6(2)8(5,9)7(3)4;1-4-6-8(3,9)7-5-2/h8-11H,1-7H3;9-11H,7-8H2,1-6H3;9H,7-8H2,1-6H3;6-9H2,1-5H3;8-9H,6-7H2,1-5H3;9H,5-8H2,1-4H3;6-7H,1-5H3;4-7H2,1-3H3/t2*12-;2*11-;2*10-;;/m000000../s1. The van der Waals surface area contributed by atoms with Crippen LogP contribution in [0.25, 0.3) is 0 Å². The maximum atomic E-state index is 14.4. The van der Waals surface area contributed by atoms with Gasteiger partial charge in [0.25, 0.3) is 0 Å². The van der Waals surface area contributed by atoms with Crippen molar-refractivity contribution in [3.63, 3.8) is 0 Å². The Morgan fingerprint density at radius 3 is 0.667 bits per heavy atom. The molecule has 0 saturated heterocycles. The fourth-order valence-electron chi connectivity index (χ4n) is 13.9. The largest absolute Gasteiger partial charge is 0.244 e.